The van der Waals surface area contributed by atoms with Gasteiger partial charge in [0.1, 0.15) is 12.7 Å². The molecular weight excluding hydrogens is 327 g/mol. The van der Waals surface area contributed by atoms with Gasteiger partial charge in [0.05, 0.1) is 6.04 Å². The summed E-state index contributed by atoms with van der Waals surface area (Å²) in [6.07, 6.45) is 4.57. The lowest BCUT2D eigenvalue weighted by molar-refractivity contribution is -0.121. The molecule has 2 unspecified atom stereocenters. The van der Waals surface area contributed by atoms with Crippen LogP contribution < -0.4 is 22.2 Å². The van der Waals surface area contributed by atoms with Crippen molar-refractivity contribution >= 4 is 17.8 Å². The van der Waals surface area contributed by atoms with E-state index in [1.807, 2.05) is 11.4 Å². The van der Waals surface area contributed by atoms with E-state index in [1.165, 1.54) is 18.2 Å². The highest BCUT2D eigenvalue weighted by atomic mass is 19.1. The highest BCUT2D eigenvalue weighted by Crippen LogP contribution is 2.08. The molecule has 3 amide bonds. The van der Waals surface area contributed by atoms with Crippen LogP contribution in [0.5, 0.6) is 0 Å². The molecule has 1 aromatic rings. The van der Waals surface area contributed by atoms with Gasteiger partial charge in [-0.2, -0.15) is 0 Å². The summed E-state index contributed by atoms with van der Waals surface area (Å²) in [7, 11) is 0. The molecule has 0 saturated heterocycles. The Bertz CT molecular complexity index is 704. The molecule has 132 valence electrons. The van der Waals surface area contributed by atoms with Crippen LogP contribution in [0.1, 0.15) is 5.56 Å². The molecule has 2 rings (SSSR count). The van der Waals surface area contributed by atoms with Crippen LogP contribution in [0.2, 0.25) is 0 Å². The second-order valence-corrected chi connectivity index (χ2v) is 5.21. The van der Waals surface area contributed by atoms with Crippen LogP contribution in [0.4, 0.5) is 9.18 Å². The van der Waals surface area contributed by atoms with Crippen molar-refractivity contribution in [2.75, 3.05) is 6.54 Å². The van der Waals surface area contributed by atoms with E-state index in [-0.39, 0.29) is 5.84 Å². The summed E-state index contributed by atoms with van der Waals surface area (Å²) in [4.78, 5) is 23.5. The Morgan fingerprint density at radius 2 is 1.88 bits per heavy atom. The molecule has 6 N–H and O–H groups in total. The van der Waals surface area contributed by atoms with E-state index >= 15 is 0 Å². The number of amides is 3. The van der Waals surface area contributed by atoms with Crippen molar-refractivity contribution in [1.82, 2.24) is 15.8 Å². The monoisotopic (exact) mass is 346 g/mol. The minimum Gasteiger partial charge on any atom is -0.382 e. The van der Waals surface area contributed by atoms with Gasteiger partial charge in [-0.15, -0.1) is 5.10 Å². The lowest BCUT2D eigenvalue weighted by Crippen LogP contribution is -2.49. The van der Waals surface area contributed by atoms with E-state index in [1.54, 1.807) is 30.3 Å². The van der Waals surface area contributed by atoms with Gasteiger partial charge in [0.15, 0.2) is 5.84 Å². The number of alkyl halides is 1. The van der Waals surface area contributed by atoms with Crippen LogP contribution in [0.25, 0.3) is 0 Å². The number of allylic oxidation sites excluding steroid dienone is 2. The van der Waals surface area contributed by atoms with Gasteiger partial charge in [0.2, 0.25) is 0 Å². The van der Waals surface area contributed by atoms with E-state index in [0.29, 0.717) is 5.56 Å². The van der Waals surface area contributed by atoms with Gasteiger partial charge in [-0.25, -0.2) is 20.1 Å². The molecule has 0 saturated carbocycles. The molecule has 0 bridgehead atoms. The van der Waals surface area contributed by atoms with Gasteiger partial charge < -0.3 is 11.1 Å². The zero-order valence-corrected chi connectivity index (χ0v) is 13.3. The molecule has 2 atom stereocenters. The molecule has 0 heterocycles. The molecule has 9 heteroatoms. The van der Waals surface area contributed by atoms with Crippen molar-refractivity contribution in [3.63, 3.8) is 0 Å². The third kappa shape index (κ3) is 5.74. The first-order valence-corrected chi connectivity index (χ1v) is 7.47. The van der Waals surface area contributed by atoms with Gasteiger partial charge in [0, 0.05) is 5.56 Å². The number of amidine groups is 1. The minimum absolute atomic E-state index is 0.125. The van der Waals surface area contributed by atoms with Crippen LogP contribution >= 0.6 is 0 Å². The fourth-order valence-corrected chi connectivity index (χ4v) is 2.05. The number of benzene rings is 1. The van der Waals surface area contributed by atoms with Crippen molar-refractivity contribution in [1.29, 1.82) is 0 Å². The Morgan fingerprint density at radius 3 is 2.56 bits per heavy atom. The Kier molecular flexibility index (Phi) is 6.24. The van der Waals surface area contributed by atoms with Gasteiger partial charge in [0.25, 0.3) is 5.91 Å². The first-order chi connectivity index (χ1) is 12.0. The molecule has 8 nitrogen and oxygen atoms in total. The predicted molar refractivity (Wildman–Crippen MR) is 91.7 cm³/mol. The molecule has 25 heavy (non-hydrogen) atoms. The largest absolute Gasteiger partial charge is 0.382 e. The standard InChI is InChI=1S/C16H19FN6O2/c17-12-8-4-5-9-13(12)20-16(25)21-14(24)10-23(19)22-15(18)11-6-2-1-3-7-11/h1-9,12-13H,10,19H2,(H2,18,22)(H2,20,21,24,25). The first kappa shape index (κ1) is 18.1. The van der Waals surface area contributed by atoms with Crippen molar-refractivity contribution in [2.24, 2.45) is 16.7 Å². The first-order valence-electron chi connectivity index (χ1n) is 7.47. The number of carbonyl (C=O) groups is 2. The van der Waals surface area contributed by atoms with Crippen LogP contribution in [0, 0.1) is 0 Å². The number of imide groups is 1. The normalized spacial score (nSPS) is 19.4. The van der Waals surface area contributed by atoms with E-state index in [2.05, 4.69) is 10.4 Å². The topological polar surface area (TPSA) is 126 Å². The Morgan fingerprint density at radius 1 is 1.20 bits per heavy atom. The molecule has 0 spiro atoms. The van der Waals surface area contributed by atoms with Crippen LogP contribution in [-0.4, -0.2) is 41.7 Å². The highest BCUT2D eigenvalue weighted by molar-refractivity contribution is 5.98. The molecule has 1 aliphatic carbocycles. The second kappa shape index (κ2) is 8.60. The quantitative estimate of drug-likeness (QED) is 0.261. The SMILES string of the molecule is N/C(=N\N(N)CC(=O)NC(=O)NC1C=CC=CC1F)c1ccccc1. The summed E-state index contributed by atoms with van der Waals surface area (Å²) in [5, 5.41) is 9.05. The highest BCUT2D eigenvalue weighted by Gasteiger charge is 2.20. The number of nitrogens with one attached hydrogen (secondary N) is 2. The fraction of sp³-hybridized carbons (Fsp3) is 0.188. The van der Waals surface area contributed by atoms with Crippen LogP contribution in [0.15, 0.2) is 59.7 Å². The number of rotatable bonds is 5. The molecule has 1 aliphatic rings. The predicted octanol–water partition coefficient (Wildman–Crippen LogP) is 0.141. The third-order valence-electron chi connectivity index (χ3n) is 3.23. The molecule has 0 aliphatic heterocycles. The Hall–Kier alpha value is -3.20. The Labute approximate surface area is 144 Å². The summed E-state index contributed by atoms with van der Waals surface area (Å²) < 4.78 is 13.5. The number of nitrogens with two attached hydrogens (primary N) is 2. The lowest BCUT2D eigenvalue weighted by Gasteiger charge is -2.19. The van der Waals surface area contributed by atoms with Crippen molar-refractivity contribution in [2.45, 2.75) is 12.2 Å². The number of urea groups is 1. The zero-order chi connectivity index (χ0) is 18.2. The second-order valence-electron chi connectivity index (χ2n) is 5.21. The fourth-order valence-electron chi connectivity index (χ4n) is 2.05. The summed E-state index contributed by atoms with van der Waals surface area (Å²) in [6.45, 7) is -0.402. The molecule has 0 fully saturated rings. The van der Waals surface area contributed by atoms with Crippen molar-refractivity contribution < 1.29 is 14.0 Å². The third-order valence-corrected chi connectivity index (χ3v) is 3.23. The van der Waals surface area contributed by atoms with Gasteiger partial charge >= 0.3 is 6.03 Å². The van der Waals surface area contributed by atoms with E-state index in [0.717, 1.165) is 5.12 Å². The molecular formula is C16H19FN6O2. The maximum Gasteiger partial charge on any atom is 0.322 e. The minimum atomic E-state index is -1.35. The van der Waals surface area contributed by atoms with E-state index in [9.17, 15) is 14.0 Å². The average molecular weight is 346 g/mol. The number of nitrogens with zero attached hydrogens (tertiary/aromatic N) is 2. The summed E-state index contributed by atoms with van der Waals surface area (Å²) in [5.74, 6) is 5.00. The van der Waals surface area contributed by atoms with Crippen molar-refractivity contribution in [3.8, 4) is 0 Å². The maximum absolute atomic E-state index is 13.5. The summed E-state index contributed by atoms with van der Waals surface area (Å²) in [6, 6.07) is 7.19. The molecule has 0 aromatic heterocycles. The number of carbonyl (C=O) groups excluding carboxylic acids is 2. The van der Waals surface area contributed by atoms with E-state index in [4.69, 9.17) is 11.6 Å². The van der Waals surface area contributed by atoms with Gasteiger partial charge in [-0.3, -0.25) is 10.1 Å². The Balaban J connectivity index is 1.82. The summed E-state index contributed by atoms with van der Waals surface area (Å²) >= 11 is 0. The maximum atomic E-state index is 13.5. The number of halogens is 1. The van der Waals surface area contributed by atoms with Crippen LogP contribution in [-0.2, 0) is 4.79 Å². The zero-order valence-electron chi connectivity index (χ0n) is 13.3. The summed E-state index contributed by atoms with van der Waals surface area (Å²) in [5.41, 5.74) is 6.41. The van der Waals surface area contributed by atoms with E-state index < -0.39 is 30.7 Å². The van der Waals surface area contributed by atoms with Crippen molar-refractivity contribution in [3.05, 3.63) is 60.2 Å². The smallest absolute Gasteiger partial charge is 0.322 e. The number of hydrogen-bond donors (Lipinski definition) is 4. The molecule has 1 aromatic carbocycles. The molecule has 0 radical (unpaired) electrons. The lowest BCUT2D eigenvalue weighted by atomic mass is 10.1. The number of hydrazine groups is 1. The number of hydrogen-bond acceptors (Lipinski definition) is 5. The number of hydrazone groups is 1. The van der Waals surface area contributed by atoms with Gasteiger partial charge in [-0.1, -0.05) is 48.6 Å². The average Bonchev–Trinajstić information content (AvgIpc) is 2.57. The van der Waals surface area contributed by atoms with Gasteiger partial charge in [-0.05, 0) is 6.08 Å². The van der Waals surface area contributed by atoms with Crippen LogP contribution in [0.3, 0.4) is 0 Å².